The van der Waals surface area contributed by atoms with Crippen molar-refractivity contribution in [3.63, 3.8) is 0 Å². The van der Waals surface area contributed by atoms with E-state index in [1.54, 1.807) is 0 Å². The molecule has 0 radical (unpaired) electrons. The van der Waals surface area contributed by atoms with Crippen LogP contribution < -0.4 is 15.4 Å². The smallest absolute Gasteiger partial charge is 0.243 e. The number of rotatable bonds is 7. The van der Waals surface area contributed by atoms with Gasteiger partial charge in [0.15, 0.2) is 0 Å². The summed E-state index contributed by atoms with van der Waals surface area (Å²) in [6.45, 7) is 0.740. The molecule has 4 heteroatoms. The van der Waals surface area contributed by atoms with Crippen LogP contribution in [0, 0.1) is 0 Å². The molecule has 0 aliphatic heterocycles. The first kappa shape index (κ1) is 16.6. The summed E-state index contributed by atoms with van der Waals surface area (Å²) in [4.78, 5) is 12.0. The maximum Gasteiger partial charge on any atom is 0.243 e. The molecule has 3 aromatic carbocycles. The maximum absolute atomic E-state index is 12.0. The van der Waals surface area contributed by atoms with E-state index in [4.69, 9.17) is 4.74 Å². The molecule has 0 atom stereocenters. The summed E-state index contributed by atoms with van der Waals surface area (Å²) in [7, 11) is 0. The van der Waals surface area contributed by atoms with Crippen molar-refractivity contribution in [2.45, 2.75) is 6.61 Å². The second kappa shape index (κ2) is 8.55. The van der Waals surface area contributed by atoms with Gasteiger partial charge in [-0.3, -0.25) is 4.79 Å². The first-order valence-electron chi connectivity index (χ1n) is 8.15. The van der Waals surface area contributed by atoms with Gasteiger partial charge in [-0.1, -0.05) is 48.5 Å². The van der Waals surface area contributed by atoms with Gasteiger partial charge in [0.05, 0.1) is 6.54 Å². The highest BCUT2D eigenvalue weighted by atomic mass is 16.5. The van der Waals surface area contributed by atoms with Crippen LogP contribution in [0.1, 0.15) is 5.56 Å². The van der Waals surface area contributed by atoms with Gasteiger partial charge in [0.25, 0.3) is 0 Å². The Balaban J connectivity index is 1.46. The quantitative estimate of drug-likeness (QED) is 0.677. The molecule has 25 heavy (non-hydrogen) atoms. The standard InChI is InChI=1S/C21H20N2O2/c24-21(15-22-18-9-5-2-6-10-18)23-19-11-13-20(14-12-19)25-16-17-7-3-1-4-8-17/h1-14,22H,15-16H2,(H,23,24). The molecule has 0 bridgehead atoms. The van der Waals surface area contributed by atoms with Crippen LogP contribution in [0.15, 0.2) is 84.9 Å². The average molecular weight is 332 g/mol. The molecule has 3 rings (SSSR count). The number of para-hydroxylation sites is 1. The Hall–Kier alpha value is -3.27. The van der Waals surface area contributed by atoms with Gasteiger partial charge in [0.1, 0.15) is 12.4 Å². The Labute approximate surface area is 147 Å². The Morgan fingerprint density at radius 2 is 1.40 bits per heavy atom. The van der Waals surface area contributed by atoms with Crippen LogP contribution in [0.4, 0.5) is 11.4 Å². The maximum atomic E-state index is 12.0. The molecule has 0 heterocycles. The number of benzene rings is 3. The Bertz CT molecular complexity index is 787. The van der Waals surface area contributed by atoms with E-state index in [0.717, 1.165) is 22.7 Å². The van der Waals surface area contributed by atoms with Crippen LogP contribution in [-0.4, -0.2) is 12.5 Å². The van der Waals surface area contributed by atoms with Crippen molar-refractivity contribution in [1.82, 2.24) is 0 Å². The molecule has 0 aromatic heterocycles. The molecular formula is C21H20N2O2. The lowest BCUT2D eigenvalue weighted by Crippen LogP contribution is -2.21. The molecule has 0 saturated heterocycles. The van der Waals surface area contributed by atoms with Crippen molar-refractivity contribution >= 4 is 17.3 Å². The predicted molar refractivity (Wildman–Crippen MR) is 101 cm³/mol. The summed E-state index contributed by atoms with van der Waals surface area (Å²) >= 11 is 0. The molecule has 0 fully saturated rings. The van der Waals surface area contributed by atoms with Crippen molar-refractivity contribution in [2.75, 3.05) is 17.2 Å². The fourth-order valence-electron chi connectivity index (χ4n) is 2.32. The van der Waals surface area contributed by atoms with E-state index < -0.39 is 0 Å². The fraction of sp³-hybridized carbons (Fsp3) is 0.0952. The lowest BCUT2D eigenvalue weighted by molar-refractivity contribution is -0.114. The van der Waals surface area contributed by atoms with Gasteiger partial charge in [0, 0.05) is 11.4 Å². The van der Waals surface area contributed by atoms with Gasteiger partial charge in [-0.2, -0.15) is 0 Å². The highest BCUT2D eigenvalue weighted by Gasteiger charge is 2.03. The molecule has 126 valence electrons. The van der Waals surface area contributed by atoms with Crippen LogP contribution in [0.5, 0.6) is 5.75 Å². The van der Waals surface area contributed by atoms with E-state index in [2.05, 4.69) is 10.6 Å². The normalized spacial score (nSPS) is 10.1. The van der Waals surface area contributed by atoms with Crippen molar-refractivity contribution in [1.29, 1.82) is 0 Å². The molecule has 0 spiro atoms. The third-order valence-electron chi connectivity index (χ3n) is 3.61. The van der Waals surface area contributed by atoms with E-state index >= 15 is 0 Å². The van der Waals surface area contributed by atoms with Gasteiger partial charge < -0.3 is 15.4 Å². The van der Waals surface area contributed by atoms with Crippen LogP contribution >= 0.6 is 0 Å². The summed E-state index contributed by atoms with van der Waals surface area (Å²) < 4.78 is 5.73. The van der Waals surface area contributed by atoms with E-state index in [0.29, 0.717) is 6.61 Å². The molecule has 1 amide bonds. The average Bonchev–Trinajstić information content (AvgIpc) is 2.67. The Morgan fingerprint density at radius 3 is 2.08 bits per heavy atom. The third kappa shape index (κ3) is 5.39. The lowest BCUT2D eigenvalue weighted by Gasteiger charge is -2.09. The number of anilines is 2. The number of amides is 1. The fourth-order valence-corrected chi connectivity index (χ4v) is 2.32. The van der Waals surface area contributed by atoms with Gasteiger partial charge >= 0.3 is 0 Å². The number of hydrogen-bond acceptors (Lipinski definition) is 3. The van der Waals surface area contributed by atoms with Crippen LogP contribution in [0.25, 0.3) is 0 Å². The van der Waals surface area contributed by atoms with Crippen molar-refractivity contribution < 1.29 is 9.53 Å². The number of carbonyl (C=O) groups excluding carboxylic acids is 1. The number of hydrogen-bond donors (Lipinski definition) is 2. The molecule has 0 aliphatic carbocycles. The second-order valence-corrected chi connectivity index (χ2v) is 5.57. The number of ether oxygens (including phenoxy) is 1. The molecule has 0 unspecified atom stereocenters. The topological polar surface area (TPSA) is 50.4 Å². The Kier molecular flexibility index (Phi) is 5.67. The number of carbonyl (C=O) groups is 1. The SMILES string of the molecule is O=C(CNc1ccccc1)Nc1ccc(OCc2ccccc2)cc1. The van der Waals surface area contributed by atoms with Gasteiger partial charge in [-0.05, 0) is 42.0 Å². The zero-order chi connectivity index (χ0) is 17.3. The largest absolute Gasteiger partial charge is 0.489 e. The minimum Gasteiger partial charge on any atom is -0.489 e. The zero-order valence-corrected chi connectivity index (χ0v) is 13.8. The molecule has 4 nitrogen and oxygen atoms in total. The Morgan fingerprint density at radius 1 is 0.760 bits per heavy atom. The van der Waals surface area contributed by atoms with Crippen molar-refractivity contribution in [3.8, 4) is 5.75 Å². The molecular weight excluding hydrogens is 312 g/mol. The van der Waals surface area contributed by atoms with Crippen molar-refractivity contribution in [2.24, 2.45) is 0 Å². The minimum atomic E-state index is -0.0955. The second-order valence-electron chi connectivity index (χ2n) is 5.57. The van der Waals surface area contributed by atoms with E-state index in [-0.39, 0.29) is 12.5 Å². The van der Waals surface area contributed by atoms with E-state index in [1.807, 2.05) is 84.9 Å². The first-order chi connectivity index (χ1) is 12.3. The lowest BCUT2D eigenvalue weighted by atomic mass is 10.2. The minimum absolute atomic E-state index is 0.0955. The third-order valence-corrected chi connectivity index (χ3v) is 3.61. The monoisotopic (exact) mass is 332 g/mol. The summed E-state index contributed by atoms with van der Waals surface area (Å²) in [5.41, 5.74) is 2.78. The highest BCUT2D eigenvalue weighted by molar-refractivity contribution is 5.93. The summed E-state index contributed by atoms with van der Waals surface area (Å²) in [6.07, 6.45) is 0. The van der Waals surface area contributed by atoms with Crippen molar-refractivity contribution in [3.05, 3.63) is 90.5 Å². The van der Waals surface area contributed by atoms with Crippen LogP contribution in [0.3, 0.4) is 0 Å². The summed E-state index contributed by atoms with van der Waals surface area (Å²) in [5, 5.41) is 5.93. The molecule has 3 aromatic rings. The highest BCUT2D eigenvalue weighted by Crippen LogP contribution is 2.17. The van der Waals surface area contributed by atoms with Gasteiger partial charge in [-0.15, -0.1) is 0 Å². The molecule has 2 N–H and O–H groups in total. The predicted octanol–water partition coefficient (Wildman–Crippen LogP) is 4.32. The van der Waals surface area contributed by atoms with E-state index in [9.17, 15) is 4.79 Å². The zero-order valence-electron chi connectivity index (χ0n) is 13.8. The summed E-state index contributed by atoms with van der Waals surface area (Å²) in [5.74, 6) is 0.672. The molecule has 0 aliphatic rings. The van der Waals surface area contributed by atoms with Crippen LogP contribution in [-0.2, 0) is 11.4 Å². The molecule has 0 saturated carbocycles. The first-order valence-corrected chi connectivity index (χ1v) is 8.15. The summed E-state index contributed by atoms with van der Waals surface area (Å²) in [6, 6.07) is 27.0. The van der Waals surface area contributed by atoms with Gasteiger partial charge in [-0.25, -0.2) is 0 Å². The van der Waals surface area contributed by atoms with E-state index in [1.165, 1.54) is 0 Å². The van der Waals surface area contributed by atoms with Gasteiger partial charge in [0.2, 0.25) is 5.91 Å². The van der Waals surface area contributed by atoms with Crippen LogP contribution in [0.2, 0.25) is 0 Å². The number of nitrogens with one attached hydrogen (secondary N) is 2.